The molecular weight excluding hydrogens is 362 g/mol. The van der Waals surface area contributed by atoms with Crippen molar-refractivity contribution in [3.63, 3.8) is 0 Å². The molecule has 2 aliphatic heterocycles. The van der Waals surface area contributed by atoms with E-state index in [1.807, 2.05) is 25.3 Å². The van der Waals surface area contributed by atoms with Gasteiger partial charge in [-0.15, -0.1) is 0 Å². The average Bonchev–Trinajstić information content (AvgIpc) is 3.01. The molecule has 1 fully saturated rings. The van der Waals surface area contributed by atoms with Crippen molar-refractivity contribution in [2.24, 2.45) is 0 Å². The van der Waals surface area contributed by atoms with Crippen LogP contribution in [0.25, 0.3) is 17.0 Å². The molecule has 0 aliphatic carbocycles. The van der Waals surface area contributed by atoms with Gasteiger partial charge in [-0.1, -0.05) is 18.7 Å². The molecule has 0 saturated carbocycles. The Kier molecular flexibility index (Phi) is 5.27. The first-order chi connectivity index (χ1) is 13.2. The molecular formula is C19H23N5O2S. The Morgan fingerprint density at radius 2 is 2.26 bits per heavy atom. The number of anilines is 1. The number of nitrogens with one attached hydrogen (secondary N) is 1. The molecule has 0 bridgehead atoms. The van der Waals surface area contributed by atoms with E-state index in [1.165, 1.54) is 18.0 Å². The molecule has 0 amide bonds. The number of fused-ring (bicyclic) bond motifs is 2. The van der Waals surface area contributed by atoms with Crippen LogP contribution in [0.3, 0.4) is 0 Å². The lowest BCUT2D eigenvalue weighted by Crippen LogP contribution is -2.41. The maximum absolute atomic E-state index is 7.54. The minimum atomic E-state index is 0.112. The number of allylic oxidation sites excluding steroid dienone is 1. The van der Waals surface area contributed by atoms with Gasteiger partial charge in [-0.05, 0) is 36.8 Å². The van der Waals surface area contributed by atoms with Crippen molar-refractivity contribution >= 4 is 40.8 Å². The highest BCUT2D eigenvalue weighted by Crippen LogP contribution is 2.37. The summed E-state index contributed by atoms with van der Waals surface area (Å²) in [5.74, 6) is 1.45. The number of hydrogen-bond acceptors (Lipinski definition) is 8. The summed E-state index contributed by atoms with van der Waals surface area (Å²) < 4.78 is 11.9. The summed E-state index contributed by atoms with van der Waals surface area (Å²) in [4.78, 5) is 16.5. The van der Waals surface area contributed by atoms with E-state index in [1.54, 1.807) is 0 Å². The molecule has 0 spiro atoms. The number of nitrogens with zero attached hydrogens (tertiary/aromatic N) is 4. The topological polar surface area (TPSA) is 84.2 Å². The van der Waals surface area contributed by atoms with Crippen LogP contribution in [-0.4, -0.2) is 59.8 Å². The molecule has 0 radical (unpaired) electrons. The number of aromatic nitrogens is 3. The highest BCUT2D eigenvalue weighted by Gasteiger charge is 2.31. The zero-order valence-electron chi connectivity index (χ0n) is 15.6. The third kappa shape index (κ3) is 3.51. The summed E-state index contributed by atoms with van der Waals surface area (Å²) in [5.41, 5.74) is 2.49. The minimum Gasteiger partial charge on any atom is -0.475 e. The van der Waals surface area contributed by atoms with Crippen LogP contribution in [0.4, 0.5) is 5.82 Å². The zero-order valence-corrected chi connectivity index (χ0v) is 16.4. The lowest BCUT2D eigenvalue weighted by molar-refractivity contribution is 0.119. The van der Waals surface area contributed by atoms with E-state index in [4.69, 9.17) is 29.8 Å². The second-order valence-corrected chi connectivity index (χ2v) is 7.36. The Morgan fingerprint density at radius 3 is 3.04 bits per heavy atom. The molecule has 1 atom stereocenters. The summed E-state index contributed by atoms with van der Waals surface area (Å²) >= 11 is 1.53. The molecule has 4 heterocycles. The smallest absolute Gasteiger partial charge is 0.227 e. The van der Waals surface area contributed by atoms with E-state index < -0.39 is 0 Å². The molecule has 0 unspecified atom stereocenters. The number of hydrogen-bond donors (Lipinski definition) is 1. The predicted octanol–water partition coefficient (Wildman–Crippen LogP) is 3.18. The summed E-state index contributed by atoms with van der Waals surface area (Å²) in [6.45, 7) is 4.79. The van der Waals surface area contributed by atoms with Crippen LogP contribution in [0.5, 0.6) is 5.88 Å². The van der Waals surface area contributed by atoms with Crippen molar-refractivity contribution in [3.05, 3.63) is 17.3 Å². The molecule has 7 nitrogen and oxygen atoms in total. The van der Waals surface area contributed by atoms with Gasteiger partial charge in [-0.3, -0.25) is 0 Å². The third-order valence-corrected chi connectivity index (χ3v) is 5.41. The maximum Gasteiger partial charge on any atom is 0.227 e. The van der Waals surface area contributed by atoms with Crippen molar-refractivity contribution in [3.8, 4) is 5.88 Å². The van der Waals surface area contributed by atoms with Crippen molar-refractivity contribution in [2.45, 2.75) is 31.0 Å². The molecule has 2 aromatic rings. The summed E-state index contributed by atoms with van der Waals surface area (Å²) in [7, 11) is 0. The normalized spacial score (nSPS) is 19.9. The van der Waals surface area contributed by atoms with Gasteiger partial charge >= 0.3 is 0 Å². The lowest BCUT2D eigenvalue weighted by atomic mass is 10.1. The van der Waals surface area contributed by atoms with Gasteiger partial charge < -0.3 is 19.8 Å². The van der Waals surface area contributed by atoms with Gasteiger partial charge in [0, 0.05) is 19.4 Å². The molecule has 0 aromatic carbocycles. The van der Waals surface area contributed by atoms with Crippen LogP contribution in [0, 0.1) is 5.41 Å². The number of rotatable bonds is 4. The van der Waals surface area contributed by atoms with Gasteiger partial charge in [0.1, 0.15) is 17.8 Å². The van der Waals surface area contributed by atoms with Crippen LogP contribution in [0.15, 0.2) is 16.8 Å². The van der Waals surface area contributed by atoms with Crippen LogP contribution in [-0.2, 0) is 4.74 Å². The average molecular weight is 385 g/mol. The van der Waals surface area contributed by atoms with Crippen LogP contribution < -0.4 is 9.64 Å². The third-order valence-electron chi connectivity index (χ3n) is 4.86. The van der Waals surface area contributed by atoms with Crippen LogP contribution >= 0.6 is 11.8 Å². The van der Waals surface area contributed by atoms with E-state index in [9.17, 15) is 0 Å². The second-order valence-electron chi connectivity index (χ2n) is 6.58. The molecule has 2 aliphatic rings. The van der Waals surface area contributed by atoms with E-state index in [0.29, 0.717) is 19.1 Å². The van der Waals surface area contributed by atoms with Gasteiger partial charge in [0.05, 0.1) is 23.9 Å². The van der Waals surface area contributed by atoms with E-state index in [0.717, 1.165) is 59.1 Å². The summed E-state index contributed by atoms with van der Waals surface area (Å²) in [6, 6.07) is 2.07. The Hall–Kier alpha value is -2.19. The Morgan fingerprint density at radius 1 is 1.37 bits per heavy atom. The van der Waals surface area contributed by atoms with E-state index >= 15 is 0 Å². The van der Waals surface area contributed by atoms with Gasteiger partial charge in [-0.2, -0.15) is 0 Å². The van der Waals surface area contributed by atoms with Crippen LogP contribution in [0.2, 0.25) is 0 Å². The highest BCUT2D eigenvalue weighted by atomic mass is 32.2. The Bertz CT molecular complexity index is 901. The fraction of sp³-hybridized carbons (Fsp3) is 0.474. The summed E-state index contributed by atoms with van der Waals surface area (Å²) in [5, 5.41) is 9.14. The van der Waals surface area contributed by atoms with Gasteiger partial charge in [0.2, 0.25) is 5.88 Å². The molecule has 142 valence electrons. The Balaban J connectivity index is 1.92. The predicted molar refractivity (Wildman–Crippen MR) is 108 cm³/mol. The first-order valence-electron chi connectivity index (χ1n) is 9.18. The molecule has 8 heteroatoms. The van der Waals surface area contributed by atoms with Crippen molar-refractivity contribution < 1.29 is 9.47 Å². The molecule has 4 rings (SSSR count). The monoisotopic (exact) mass is 385 g/mol. The number of pyridine rings is 1. The highest BCUT2D eigenvalue weighted by molar-refractivity contribution is 7.98. The van der Waals surface area contributed by atoms with Crippen molar-refractivity contribution in [1.82, 2.24) is 15.0 Å². The number of ether oxygens (including phenoxy) is 2. The quantitative estimate of drug-likeness (QED) is 0.491. The Labute approximate surface area is 162 Å². The maximum atomic E-state index is 7.54. The molecule has 1 saturated heterocycles. The van der Waals surface area contributed by atoms with Gasteiger partial charge in [-0.25, -0.2) is 15.0 Å². The van der Waals surface area contributed by atoms with E-state index in [-0.39, 0.29) is 6.04 Å². The van der Waals surface area contributed by atoms with Gasteiger partial charge in [0.25, 0.3) is 0 Å². The number of thioether (sulfide) groups is 1. The SMILES string of the molecule is CC/C(C=N)=C/c1cc2nc(SC)nc3c2c(n1)OC[C@@H]1COCCCN31. The molecule has 1 N–H and O–H groups in total. The zero-order chi connectivity index (χ0) is 18.8. The summed E-state index contributed by atoms with van der Waals surface area (Å²) in [6.07, 6.45) is 7.00. The molecule has 27 heavy (non-hydrogen) atoms. The first-order valence-corrected chi connectivity index (χ1v) is 10.4. The largest absolute Gasteiger partial charge is 0.475 e. The van der Waals surface area contributed by atoms with E-state index in [2.05, 4.69) is 4.90 Å². The standard InChI is InChI=1S/C19H23N5O2S/c1-3-12(9-20)7-13-8-15-16-17(23-19(22-15)27-2)24-5-4-6-25-10-14(24)11-26-18(16)21-13/h7-9,14,20H,3-6,10-11H2,1-2H3/b12-7-,20-9?/t14-/m0/s1. The first kappa shape index (κ1) is 18.2. The fourth-order valence-electron chi connectivity index (χ4n) is 3.43. The molecule has 2 aromatic heterocycles. The minimum absolute atomic E-state index is 0.112. The van der Waals surface area contributed by atoms with Crippen molar-refractivity contribution in [1.29, 1.82) is 5.41 Å². The fourth-order valence-corrected chi connectivity index (χ4v) is 3.80. The lowest BCUT2D eigenvalue weighted by Gasteiger charge is -2.28. The van der Waals surface area contributed by atoms with Gasteiger partial charge in [0.15, 0.2) is 5.16 Å². The van der Waals surface area contributed by atoms with Crippen molar-refractivity contribution in [2.75, 3.05) is 37.5 Å². The second kappa shape index (κ2) is 7.82. The van der Waals surface area contributed by atoms with Crippen LogP contribution in [0.1, 0.15) is 25.5 Å².